The van der Waals surface area contributed by atoms with E-state index in [1.807, 2.05) is 24.3 Å². The highest BCUT2D eigenvalue weighted by Crippen LogP contribution is 2.44. The Bertz CT molecular complexity index is 946. The quantitative estimate of drug-likeness (QED) is 0.557. The molecule has 1 spiro atoms. The first-order valence-electron chi connectivity index (χ1n) is 11.1. The van der Waals surface area contributed by atoms with Gasteiger partial charge in [-0.15, -0.1) is 0 Å². The molecule has 1 aliphatic carbocycles. The third-order valence-corrected chi connectivity index (χ3v) is 6.50. The minimum Gasteiger partial charge on any atom is -0.489 e. The summed E-state index contributed by atoms with van der Waals surface area (Å²) in [6.07, 6.45) is 7.93. The topological polar surface area (TPSA) is 77.3 Å². The number of unbranched alkanes of at least 4 members (excludes halogenated alkanes) is 1. The van der Waals surface area contributed by atoms with Crippen molar-refractivity contribution in [2.24, 2.45) is 0 Å². The van der Waals surface area contributed by atoms with Gasteiger partial charge in [0.05, 0.1) is 0 Å². The summed E-state index contributed by atoms with van der Waals surface area (Å²) in [5.41, 5.74) is 7.83. The molecule has 5 rings (SSSR count). The zero-order valence-corrected chi connectivity index (χ0v) is 17.7. The standard InChI is InChI=1S/C24H29N3O4/c25-18-4-3-5-19(16-18)27-13-11-26(12-14-27)10-2-1-6-20-21(28)7-9-24-22(30-17-31-24)8-15-29-23(20)24/h3-5,7-9,16H,1-2,6,10-15,17,25H2. The molecule has 7 nitrogen and oxygen atoms in total. The molecule has 1 atom stereocenters. The van der Waals surface area contributed by atoms with E-state index in [1.165, 1.54) is 5.69 Å². The molecule has 0 radical (unpaired) electrons. The highest BCUT2D eigenvalue weighted by Gasteiger charge is 2.50. The van der Waals surface area contributed by atoms with E-state index in [4.69, 9.17) is 19.9 Å². The van der Waals surface area contributed by atoms with Gasteiger partial charge in [0.25, 0.3) is 0 Å². The van der Waals surface area contributed by atoms with Gasteiger partial charge in [0.15, 0.2) is 12.6 Å². The molecule has 0 bridgehead atoms. The van der Waals surface area contributed by atoms with Gasteiger partial charge in [-0.05, 0) is 62.2 Å². The van der Waals surface area contributed by atoms with Crippen LogP contribution >= 0.6 is 0 Å². The lowest BCUT2D eigenvalue weighted by Crippen LogP contribution is -2.46. The number of hydrogen-bond acceptors (Lipinski definition) is 7. The fourth-order valence-electron chi connectivity index (χ4n) is 4.81. The van der Waals surface area contributed by atoms with E-state index in [9.17, 15) is 4.79 Å². The van der Waals surface area contributed by atoms with Crippen LogP contribution in [-0.4, -0.2) is 62.4 Å². The molecule has 3 aliphatic heterocycles. The van der Waals surface area contributed by atoms with Gasteiger partial charge >= 0.3 is 0 Å². The maximum atomic E-state index is 12.6. The Hall–Kier alpha value is -2.77. The fraction of sp³-hybridized carbons (Fsp3) is 0.458. The molecule has 3 heterocycles. The minimum absolute atomic E-state index is 0.0214. The third kappa shape index (κ3) is 3.83. The zero-order valence-electron chi connectivity index (χ0n) is 17.7. The van der Waals surface area contributed by atoms with Gasteiger partial charge < -0.3 is 24.8 Å². The van der Waals surface area contributed by atoms with E-state index < -0.39 is 5.60 Å². The molecule has 2 N–H and O–H groups in total. The van der Waals surface area contributed by atoms with Crippen molar-refractivity contribution in [1.29, 1.82) is 0 Å². The van der Waals surface area contributed by atoms with Crippen molar-refractivity contribution in [2.45, 2.75) is 24.9 Å². The molecule has 7 heteroatoms. The van der Waals surface area contributed by atoms with Gasteiger partial charge in [-0.3, -0.25) is 9.69 Å². The molecule has 4 aliphatic rings. The van der Waals surface area contributed by atoms with Crippen molar-refractivity contribution in [3.63, 3.8) is 0 Å². The number of hydrogen-bond donors (Lipinski definition) is 1. The van der Waals surface area contributed by atoms with Gasteiger partial charge in [-0.2, -0.15) is 0 Å². The first-order valence-corrected chi connectivity index (χ1v) is 11.1. The van der Waals surface area contributed by atoms with Gasteiger partial charge in [0.2, 0.25) is 5.60 Å². The number of allylic oxidation sites excluding steroid dienone is 2. The number of piperazine rings is 1. The van der Waals surface area contributed by atoms with Crippen molar-refractivity contribution in [3.05, 3.63) is 59.6 Å². The Morgan fingerprint density at radius 2 is 1.97 bits per heavy atom. The Morgan fingerprint density at radius 1 is 1.10 bits per heavy atom. The number of ketones is 1. The summed E-state index contributed by atoms with van der Waals surface area (Å²) in [6.45, 7) is 5.72. The van der Waals surface area contributed by atoms with E-state index in [0.717, 1.165) is 62.6 Å². The summed E-state index contributed by atoms with van der Waals surface area (Å²) in [7, 11) is 0. The Kier molecular flexibility index (Phi) is 5.46. The van der Waals surface area contributed by atoms with E-state index >= 15 is 0 Å². The fourth-order valence-corrected chi connectivity index (χ4v) is 4.81. The van der Waals surface area contributed by atoms with Crippen LogP contribution in [0, 0.1) is 0 Å². The molecule has 164 valence electrons. The normalized spacial score (nSPS) is 25.6. The van der Waals surface area contributed by atoms with Crippen LogP contribution in [0.1, 0.15) is 19.3 Å². The number of nitrogen functional groups attached to an aromatic ring is 1. The maximum Gasteiger partial charge on any atom is 0.204 e. The van der Waals surface area contributed by atoms with Gasteiger partial charge in [-0.25, -0.2) is 0 Å². The average molecular weight is 424 g/mol. The second-order valence-electron chi connectivity index (χ2n) is 8.41. The van der Waals surface area contributed by atoms with Crippen LogP contribution in [0.25, 0.3) is 0 Å². The minimum atomic E-state index is -0.821. The molecule has 2 fully saturated rings. The number of carbonyl (C=O) groups excluding carboxylic acids is 1. The third-order valence-electron chi connectivity index (χ3n) is 6.50. The van der Waals surface area contributed by atoms with E-state index in [-0.39, 0.29) is 12.6 Å². The molecule has 0 aromatic heterocycles. The molecular weight excluding hydrogens is 394 g/mol. The molecule has 2 saturated heterocycles. The lowest BCUT2D eigenvalue weighted by atomic mass is 9.85. The van der Waals surface area contributed by atoms with Crippen molar-refractivity contribution >= 4 is 17.2 Å². The van der Waals surface area contributed by atoms with Crippen LogP contribution in [0.15, 0.2) is 59.6 Å². The molecule has 1 unspecified atom stereocenters. The van der Waals surface area contributed by atoms with Crippen LogP contribution in [0.2, 0.25) is 0 Å². The van der Waals surface area contributed by atoms with Crippen LogP contribution in [0.5, 0.6) is 0 Å². The van der Waals surface area contributed by atoms with Crippen molar-refractivity contribution in [2.75, 3.05) is 56.8 Å². The SMILES string of the molecule is Nc1cccc(N2CCN(CCCCC3=C4OCC=C5OCOC54C=CC3=O)CC2)c1. The Balaban J connectivity index is 1.13. The summed E-state index contributed by atoms with van der Waals surface area (Å²) < 4.78 is 17.3. The van der Waals surface area contributed by atoms with Crippen molar-refractivity contribution in [1.82, 2.24) is 4.90 Å². The van der Waals surface area contributed by atoms with E-state index in [0.29, 0.717) is 18.8 Å². The highest BCUT2D eigenvalue weighted by atomic mass is 16.7. The number of anilines is 2. The Labute approximate surface area is 182 Å². The summed E-state index contributed by atoms with van der Waals surface area (Å²) in [5.74, 6) is 1.40. The smallest absolute Gasteiger partial charge is 0.204 e. The summed E-state index contributed by atoms with van der Waals surface area (Å²) in [4.78, 5) is 17.4. The summed E-state index contributed by atoms with van der Waals surface area (Å²) >= 11 is 0. The zero-order chi connectivity index (χ0) is 21.3. The lowest BCUT2D eigenvalue weighted by molar-refractivity contribution is -0.112. The lowest BCUT2D eigenvalue weighted by Gasteiger charge is -2.36. The summed E-state index contributed by atoms with van der Waals surface area (Å²) in [5, 5.41) is 0. The van der Waals surface area contributed by atoms with Crippen LogP contribution < -0.4 is 10.6 Å². The van der Waals surface area contributed by atoms with Crippen molar-refractivity contribution in [3.8, 4) is 0 Å². The Morgan fingerprint density at radius 3 is 2.81 bits per heavy atom. The van der Waals surface area contributed by atoms with E-state index in [1.54, 1.807) is 12.2 Å². The van der Waals surface area contributed by atoms with Crippen LogP contribution in [0.3, 0.4) is 0 Å². The molecular formula is C24H29N3O4. The number of ether oxygens (including phenoxy) is 3. The molecule has 1 aromatic carbocycles. The van der Waals surface area contributed by atoms with Crippen LogP contribution in [-0.2, 0) is 19.0 Å². The number of rotatable bonds is 6. The monoisotopic (exact) mass is 423 g/mol. The van der Waals surface area contributed by atoms with E-state index in [2.05, 4.69) is 15.9 Å². The van der Waals surface area contributed by atoms with Gasteiger partial charge in [-0.1, -0.05) is 6.07 Å². The summed E-state index contributed by atoms with van der Waals surface area (Å²) in [6, 6.07) is 8.10. The molecule has 0 saturated carbocycles. The van der Waals surface area contributed by atoms with Crippen LogP contribution in [0.4, 0.5) is 11.4 Å². The predicted octanol–water partition coefficient (Wildman–Crippen LogP) is 2.61. The van der Waals surface area contributed by atoms with Gasteiger partial charge in [0.1, 0.15) is 18.1 Å². The first kappa shape index (κ1) is 20.2. The predicted molar refractivity (Wildman–Crippen MR) is 118 cm³/mol. The first-order chi connectivity index (χ1) is 15.2. The molecule has 0 amide bonds. The second-order valence-corrected chi connectivity index (χ2v) is 8.41. The molecule has 1 aromatic rings. The largest absolute Gasteiger partial charge is 0.489 e. The second kappa shape index (κ2) is 8.40. The number of nitrogens with zero attached hydrogens (tertiary/aromatic N) is 2. The maximum absolute atomic E-state index is 12.6. The van der Waals surface area contributed by atoms with Crippen molar-refractivity contribution < 1.29 is 19.0 Å². The van der Waals surface area contributed by atoms with Gasteiger partial charge in [0, 0.05) is 43.1 Å². The average Bonchev–Trinajstić information content (AvgIpc) is 3.22. The number of carbonyl (C=O) groups is 1. The molecule has 31 heavy (non-hydrogen) atoms. The highest BCUT2D eigenvalue weighted by molar-refractivity contribution is 6.06. The number of benzene rings is 1. The number of nitrogens with two attached hydrogens (primary N) is 1.